The fourth-order valence-electron chi connectivity index (χ4n) is 2.57. The lowest BCUT2D eigenvalue weighted by Gasteiger charge is -2.36. The number of rotatable bonds is 2. The maximum absolute atomic E-state index is 12.4. The molecule has 1 N–H and O–H groups in total. The van der Waals surface area contributed by atoms with E-state index in [1.807, 2.05) is 13.8 Å². The maximum Gasteiger partial charge on any atom is 0.181 e. The number of halogens is 1. The SMILES string of the molecule is CCNC1c2cc(Cl)ccc2S(=O)(=O)C(C)C1C. The van der Waals surface area contributed by atoms with Gasteiger partial charge in [0.05, 0.1) is 10.1 Å². The van der Waals surface area contributed by atoms with Crippen molar-refractivity contribution in [1.29, 1.82) is 0 Å². The number of nitrogens with one attached hydrogen (secondary N) is 1. The fraction of sp³-hybridized carbons (Fsp3) is 0.538. The van der Waals surface area contributed by atoms with Gasteiger partial charge in [-0.2, -0.15) is 0 Å². The van der Waals surface area contributed by atoms with Gasteiger partial charge in [0, 0.05) is 11.1 Å². The summed E-state index contributed by atoms with van der Waals surface area (Å²) in [5.41, 5.74) is 0.801. The molecule has 1 heterocycles. The van der Waals surface area contributed by atoms with Crippen LogP contribution in [0.5, 0.6) is 0 Å². The van der Waals surface area contributed by atoms with Crippen molar-refractivity contribution in [1.82, 2.24) is 5.32 Å². The highest BCUT2D eigenvalue weighted by atomic mass is 35.5. The Hall–Kier alpha value is -0.580. The minimum Gasteiger partial charge on any atom is -0.310 e. The van der Waals surface area contributed by atoms with Crippen molar-refractivity contribution in [2.24, 2.45) is 5.92 Å². The van der Waals surface area contributed by atoms with Gasteiger partial charge in [-0.15, -0.1) is 0 Å². The molecule has 0 fully saturated rings. The number of fused-ring (bicyclic) bond motifs is 1. The van der Waals surface area contributed by atoms with Crippen LogP contribution in [0.4, 0.5) is 0 Å². The topological polar surface area (TPSA) is 46.2 Å². The lowest BCUT2D eigenvalue weighted by Crippen LogP contribution is -2.41. The first-order chi connectivity index (χ1) is 8.39. The normalized spacial score (nSPS) is 29.9. The first-order valence-electron chi connectivity index (χ1n) is 6.16. The smallest absolute Gasteiger partial charge is 0.181 e. The Kier molecular flexibility index (Phi) is 3.72. The second-order valence-electron chi connectivity index (χ2n) is 4.83. The van der Waals surface area contributed by atoms with E-state index in [1.54, 1.807) is 25.1 Å². The van der Waals surface area contributed by atoms with E-state index in [1.165, 1.54) is 0 Å². The third-order valence-electron chi connectivity index (χ3n) is 3.79. The van der Waals surface area contributed by atoms with Crippen molar-refractivity contribution >= 4 is 21.4 Å². The van der Waals surface area contributed by atoms with Crippen molar-refractivity contribution < 1.29 is 8.42 Å². The van der Waals surface area contributed by atoms with Crippen molar-refractivity contribution in [2.75, 3.05) is 6.54 Å². The van der Waals surface area contributed by atoms with Crippen LogP contribution in [0.15, 0.2) is 23.1 Å². The zero-order chi connectivity index (χ0) is 13.5. The van der Waals surface area contributed by atoms with Gasteiger partial charge in [-0.1, -0.05) is 25.4 Å². The van der Waals surface area contributed by atoms with E-state index >= 15 is 0 Å². The van der Waals surface area contributed by atoms with Gasteiger partial charge in [0.25, 0.3) is 0 Å². The standard InChI is InChI=1S/C13H18ClNO2S/c1-4-15-13-8(2)9(3)18(16,17)12-6-5-10(14)7-11(12)13/h5-9,13,15H,4H2,1-3H3. The summed E-state index contributed by atoms with van der Waals surface area (Å²) in [6.07, 6.45) is 0. The summed E-state index contributed by atoms with van der Waals surface area (Å²) >= 11 is 6.00. The molecule has 1 aromatic rings. The molecular weight excluding hydrogens is 270 g/mol. The van der Waals surface area contributed by atoms with Crippen LogP contribution in [0, 0.1) is 5.92 Å². The van der Waals surface area contributed by atoms with Gasteiger partial charge in [0.2, 0.25) is 0 Å². The summed E-state index contributed by atoms with van der Waals surface area (Å²) < 4.78 is 24.8. The number of hydrogen-bond donors (Lipinski definition) is 1. The quantitative estimate of drug-likeness (QED) is 0.910. The first kappa shape index (κ1) is 13.8. The average Bonchev–Trinajstić information content (AvgIpc) is 2.32. The zero-order valence-electron chi connectivity index (χ0n) is 10.8. The van der Waals surface area contributed by atoms with Crippen molar-refractivity contribution in [3.8, 4) is 0 Å². The predicted octanol–water partition coefficient (Wildman–Crippen LogP) is 2.80. The van der Waals surface area contributed by atoms with Gasteiger partial charge in [-0.25, -0.2) is 8.42 Å². The third kappa shape index (κ3) is 2.06. The maximum atomic E-state index is 12.4. The summed E-state index contributed by atoms with van der Waals surface area (Å²) in [7, 11) is -3.24. The largest absolute Gasteiger partial charge is 0.310 e. The van der Waals surface area contributed by atoms with Crippen LogP contribution >= 0.6 is 11.6 Å². The molecule has 0 amide bonds. The van der Waals surface area contributed by atoms with Crippen LogP contribution in [0.1, 0.15) is 32.4 Å². The van der Waals surface area contributed by atoms with E-state index in [9.17, 15) is 8.42 Å². The van der Waals surface area contributed by atoms with Crippen LogP contribution in [-0.2, 0) is 9.84 Å². The number of sulfone groups is 1. The lowest BCUT2D eigenvalue weighted by atomic mass is 9.91. The molecule has 0 aromatic heterocycles. The highest BCUT2D eigenvalue weighted by Gasteiger charge is 2.41. The van der Waals surface area contributed by atoms with E-state index in [-0.39, 0.29) is 17.2 Å². The van der Waals surface area contributed by atoms with E-state index < -0.39 is 9.84 Å². The van der Waals surface area contributed by atoms with Gasteiger partial charge in [0.1, 0.15) is 0 Å². The molecule has 0 bridgehead atoms. The molecule has 100 valence electrons. The molecule has 0 radical (unpaired) electrons. The molecule has 2 rings (SSSR count). The second kappa shape index (κ2) is 4.83. The van der Waals surface area contributed by atoms with Gasteiger partial charge in [0.15, 0.2) is 9.84 Å². The molecular formula is C13H18ClNO2S. The van der Waals surface area contributed by atoms with Crippen LogP contribution in [0.2, 0.25) is 5.02 Å². The lowest BCUT2D eigenvalue weighted by molar-refractivity contribution is 0.364. The molecule has 5 heteroatoms. The van der Waals surface area contributed by atoms with Gasteiger partial charge < -0.3 is 5.32 Å². The highest BCUT2D eigenvalue weighted by Crippen LogP contribution is 2.40. The summed E-state index contributed by atoms with van der Waals surface area (Å²) in [6, 6.07) is 5.08. The second-order valence-corrected chi connectivity index (χ2v) is 7.54. The monoisotopic (exact) mass is 287 g/mol. The third-order valence-corrected chi connectivity index (χ3v) is 6.42. The fourth-order valence-corrected chi connectivity index (χ4v) is 4.65. The molecule has 3 nitrogen and oxygen atoms in total. The molecule has 0 saturated heterocycles. The minimum absolute atomic E-state index is 0.0286. The Balaban J connectivity index is 2.65. The Bertz CT molecular complexity index is 556. The number of hydrogen-bond acceptors (Lipinski definition) is 3. The van der Waals surface area contributed by atoms with Crippen molar-refractivity contribution in [3.05, 3.63) is 28.8 Å². The summed E-state index contributed by atoms with van der Waals surface area (Å²) in [4.78, 5) is 0.420. The van der Waals surface area contributed by atoms with Crippen LogP contribution in [0.25, 0.3) is 0 Å². The predicted molar refractivity (Wildman–Crippen MR) is 73.7 cm³/mol. The van der Waals surface area contributed by atoms with Crippen molar-refractivity contribution in [2.45, 2.75) is 37.0 Å². The van der Waals surface area contributed by atoms with E-state index in [4.69, 9.17) is 11.6 Å². The molecule has 0 spiro atoms. The van der Waals surface area contributed by atoms with Gasteiger partial charge in [-0.05, 0) is 43.1 Å². The molecule has 1 aliphatic rings. The van der Waals surface area contributed by atoms with E-state index in [0.717, 1.165) is 12.1 Å². The molecule has 1 aromatic carbocycles. The van der Waals surface area contributed by atoms with E-state index in [2.05, 4.69) is 5.32 Å². The van der Waals surface area contributed by atoms with Crippen molar-refractivity contribution in [3.63, 3.8) is 0 Å². The Labute approximate surface area is 113 Å². The summed E-state index contributed by atoms with van der Waals surface area (Å²) in [6.45, 7) is 6.57. The Morgan fingerprint density at radius 3 is 2.61 bits per heavy atom. The Morgan fingerprint density at radius 2 is 2.00 bits per heavy atom. The molecule has 3 atom stereocenters. The minimum atomic E-state index is -3.24. The number of benzene rings is 1. The molecule has 0 saturated carbocycles. The zero-order valence-corrected chi connectivity index (χ0v) is 12.3. The van der Waals surface area contributed by atoms with E-state index in [0.29, 0.717) is 9.92 Å². The van der Waals surface area contributed by atoms with Crippen LogP contribution in [-0.4, -0.2) is 20.2 Å². The van der Waals surface area contributed by atoms with Gasteiger partial charge in [-0.3, -0.25) is 0 Å². The van der Waals surface area contributed by atoms with Crippen LogP contribution < -0.4 is 5.32 Å². The first-order valence-corrected chi connectivity index (χ1v) is 8.08. The summed E-state index contributed by atoms with van der Waals surface area (Å²) in [5.74, 6) is 0.0286. The van der Waals surface area contributed by atoms with Crippen LogP contribution in [0.3, 0.4) is 0 Å². The molecule has 3 unspecified atom stereocenters. The summed E-state index contributed by atoms with van der Waals surface area (Å²) in [5, 5.41) is 3.56. The molecule has 1 aliphatic heterocycles. The molecule has 0 aliphatic carbocycles. The highest BCUT2D eigenvalue weighted by molar-refractivity contribution is 7.92. The Morgan fingerprint density at radius 1 is 1.33 bits per heavy atom. The average molecular weight is 288 g/mol. The van der Waals surface area contributed by atoms with Gasteiger partial charge >= 0.3 is 0 Å². The molecule has 18 heavy (non-hydrogen) atoms.